The van der Waals surface area contributed by atoms with Gasteiger partial charge in [0.25, 0.3) is 0 Å². The average molecular weight is 256 g/mol. The number of unbranched alkanes of at least 4 members (excludes halogenated alkanes) is 1. The van der Waals surface area contributed by atoms with E-state index < -0.39 is 5.97 Å². The number of nitrogens with zero attached hydrogens (tertiary/aromatic N) is 1. The van der Waals surface area contributed by atoms with Crippen LogP contribution in [0.1, 0.15) is 52.4 Å². The van der Waals surface area contributed by atoms with E-state index in [4.69, 9.17) is 5.73 Å². The Morgan fingerprint density at radius 2 is 2.17 bits per heavy atom. The minimum atomic E-state index is -0.671. The molecule has 106 valence electrons. The average Bonchev–Trinajstić information content (AvgIpc) is 2.35. The quantitative estimate of drug-likeness (QED) is 0.684. The molecule has 1 heterocycles. The van der Waals surface area contributed by atoms with Gasteiger partial charge in [0.05, 0.1) is 0 Å². The Bertz CT molecular complexity index is 258. The number of carboxylic acids is 1. The van der Waals surface area contributed by atoms with Crippen LogP contribution in [0.4, 0.5) is 0 Å². The zero-order valence-corrected chi connectivity index (χ0v) is 11.8. The molecule has 0 saturated carbocycles. The lowest BCUT2D eigenvalue weighted by Gasteiger charge is -2.41. The predicted octanol–water partition coefficient (Wildman–Crippen LogP) is 2.08. The smallest absolute Gasteiger partial charge is 0.320 e. The van der Waals surface area contributed by atoms with Gasteiger partial charge in [-0.1, -0.05) is 19.8 Å². The molecule has 0 bridgehead atoms. The van der Waals surface area contributed by atoms with Gasteiger partial charge in [0.15, 0.2) is 0 Å². The lowest BCUT2D eigenvalue weighted by molar-refractivity contribution is -0.145. The van der Waals surface area contributed by atoms with Crippen molar-refractivity contribution in [1.82, 2.24) is 4.90 Å². The molecular formula is C14H28N2O2. The van der Waals surface area contributed by atoms with Crippen LogP contribution in [0.15, 0.2) is 0 Å². The lowest BCUT2D eigenvalue weighted by Crippen LogP contribution is -2.51. The summed E-state index contributed by atoms with van der Waals surface area (Å²) in [7, 11) is 0. The van der Waals surface area contributed by atoms with Crippen molar-refractivity contribution in [3.8, 4) is 0 Å². The maximum atomic E-state index is 11.5. The number of nitrogens with two attached hydrogens (primary N) is 1. The van der Waals surface area contributed by atoms with Crippen molar-refractivity contribution in [2.24, 2.45) is 11.7 Å². The lowest BCUT2D eigenvalue weighted by atomic mass is 9.89. The van der Waals surface area contributed by atoms with Crippen LogP contribution < -0.4 is 5.73 Å². The highest BCUT2D eigenvalue weighted by atomic mass is 16.4. The Kier molecular flexibility index (Phi) is 6.65. The van der Waals surface area contributed by atoms with Gasteiger partial charge in [0.1, 0.15) is 6.04 Å². The van der Waals surface area contributed by atoms with Crippen molar-refractivity contribution >= 4 is 5.97 Å². The third kappa shape index (κ3) is 4.25. The van der Waals surface area contributed by atoms with Gasteiger partial charge >= 0.3 is 5.97 Å². The van der Waals surface area contributed by atoms with Gasteiger partial charge in [0, 0.05) is 12.6 Å². The van der Waals surface area contributed by atoms with Crippen LogP contribution in [0.3, 0.4) is 0 Å². The second-order valence-corrected chi connectivity index (χ2v) is 5.54. The minimum Gasteiger partial charge on any atom is -0.480 e. The van der Waals surface area contributed by atoms with Crippen LogP contribution in [0.25, 0.3) is 0 Å². The summed E-state index contributed by atoms with van der Waals surface area (Å²) >= 11 is 0. The van der Waals surface area contributed by atoms with Gasteiger partial charge in [-0.25, -0.2) is 0 Å². The molecular weight excluding hydrogens is 228 g/mol. The standard InChI is InChI=1S/C14H28N2O2/c1-3-12-8-7-11(2)16(10-12)13(14(17)18)6-4-5-9-15/h11-13H,3-10,15H2,1-2H3,(H,17,18). The van der Waals surface area contributed by atoms with Gasteiger partial charge < -0.3 is 10.8 Å². The first-order chi connectivity index (χ1) is 8.60. The third-order valence-electron chi connectivity index (χ3n) is 4.22. The molecule has 1 aliphatic heterocycles. The van der Waals surface area contributed by atoms with E-state index in [0.717, 1.165) is 38.6 Å². The van der Waals surface area contributed by atoms with Crippen molar-refractivity contribution < 1.29 is 9.90 Å². The van der Waals surface area contributed by atoms with Crippen LogP contribution >= 0.6 is 0 Å². The molecule has 1 saturated heterocycles. The number of hydrogen-bond donors (Lipinski definition) is 2. The number of piperidine rings is 1. The molecule has 3 unspecified atom stereocenters. The summed E-state index contributed by atoms with van der Waals surface area (Å²) in [5, 5.41) is 9.43. The SMILES string of the molecule is CCC1CCC(C)N(C(CCCCN)C(=O)O)C1. The highest BCUT2D eigenvalue weighted by Gasteiger charge is 2.33. The van der Waals surface area contributed by atoms with Gasteiger partial charge in [0.2, 0.25) is 0 Å². The molecule has 0 aromatic rings. The van der Waals surface area contributed by atoms with E-state index in [-0.39, 0.29) is 6.04 Å². The van der Waals surface area contributed by atoms with Crippen LogP contribution in [-0.4, -0.2) is 41.1 Å². The molecule has 1 rings (SSSR count). The van der Waals surface area contributed by atoms with Crippen LogP contribution in [0.2, 0.25) is 0 Å². The van der Waals surface area contributed by atoms with E-state index in [1.165, 1.54) is 6.42 Å². The fraction of sp³-hybridized carbons (Fsp3) is 0.929. The van der Waals surface area contributed by atoms with E-state index in [2.05, 4.69) is 18.7 Å². The Labute approximate surface area is 111 Å². The van der Waals surface area contributed by atoms with E-state index in [1.807, 2.05) is 0 Å². The van der Waals surface area contributed by atoms with E-state index in [1.54, 1.807) is 0 Å². The molecule has 18 heavy (non-hydrogen) atoms. The number of hydrogen-bond acceptors (Lipinski definition) is 3. The molecule has 0 aliphatic carbocycles. The Morgan fingerprint density at radius 3 is 2.72 bits per heavy atom. The zero-order chi connectivity index (χ0) is 13.5. The van der Waals surface area contributed by atoms with Crippen molar-refractivity contribution in [1.29, 1.82) is 0 Å². The highest BCUT2D eigenvalue weighted by Crippen LogP contribution is 2.27. The number of likely N-dealkylation sites (tertiary alicyclic amines) is 1. The summed E-state index contributed by atoms with van der Waals surface area (Å²) in [4.78, 5) is 13.7. The van der Waals surface area contributed by atoms with Crippen molar-refractivity contribution in [2.75, 3.05) is 13.1 Å². The summed E-state index contributed by atoms with van der Waals surface area (Å²) < 4.78 is 0. The Hall–Kier alpha value is -0.610. The Morgan fingerprint density at radius 1 is 1.44 bits per heavy atom. The molecule has 1 fully saturated rings. The molecule has 0 amide bonds. The largest absolute Gasteiger partial charge is 0.480 e. The molecule has 0 aromatic carbocycles. The molecule has 0 spiro atoms. The molecule has 0 radical (unpaired) electrons. The van der Waals surface area contributed by atoms with Gasteiger partial charge in [-0.2, -0.15) is 0 Å². The predicted molar refractivity (Wildman–Crippen MR) is 73.5 cm³/mol. The van der Waals surface area contributed by atoms with Crippen molar-refractivity contribution in [2.45, 2.75) is 64.5 Å². The minimum absolute atomic E-state index is 0.319. The number of rotatable bonds is 7. The fourth-order valence-corrected chi connectivity index (χ4v) is 2.89. The fourth-order valence-electron chi connectivity index (χ4n) is 2.89. The third-order valence-corrected chi connectivity index (χ3v) is 4.22. The maximum absolute atomic E-state index is 11.5. The Balaban J connectivity index is 2.61. The van der Waals surface area contributed by atoms with E-state index in [9.17, 15) is 9.90 Å². The number of carbonyl (C=O) groups is 1. The first-order valence-corrected chi connectivity index (χ1v) is 7.28. The number of carboxylic acid groups (broad SMARTS) is 1. The van der Waals surface area contributed by atoms with Gasteiger partial charge in [-0.05, 0) is 45.1 Å². The first kappa shape index (κ1) is 15.4. The summed E-state index contributed by atoms with van der Waals surface area (Å²) in [6, 6.07) is 0.0766. The molecule has 1 aliphatic rings. The topological polar surface area (TPSA) is 66.6 Å². The van der Waals surface area contributed by atoms with Crippen molar-refractivity contribution in [3.05, 3.63) is 0 Å². The molecule has 4 heteroatoms. The molecule has 4 nitrogen and oxygen atoms in total. The molecule has 3 atom stereocenters. The normalized spacial score (nSPS) is 27.1. The van der Waals surface area contributed by atoms with Crippen LogP contribution in [0, 0.1) is 5.92 Å². The van der Waals surface area contributed by atoms with Crippen LogP contribution in [0.5, 0.6) is 0 Å². The summed E-state index contributed by atoms with van der Waals surface area (Å²) in [6.45, 7) is 5.95. The second-order valence-electron chi connectivity index (χ2n) is 5.54. The summed E-state index contributed by atoms with van der Waals surface area (Å²) in [5.41, 5.74) is 5.48. The van der Waals surface area contributed by atoms with Gasteiger partial charge in [-0.3, -0.25) is 9.69 Å². The highest BCUT2D eigenvalue weighted by molar-refractivity contribution is 5.73. The van der Waals surface area contributed by atoms with E-state index in [0.29, 0.717) is 18.5 Å². The van der Waals surface area contributed by atoms with Crippen molar-refractivity contribution in [3.63, 3.8) is 0 Å². The zero-order valence-electron chi connectivity index (χ0n) is 11.8. The van der Waals surface area contributed by atoms with Crippen LogP contribution in [-0.2, 0) is 4.79 Å². The molecule has 0 aromatic heterocycles. The summed E-state index contributed by atoms with van der Waals surface area (Å²) in [6.07, 6.45) is 6.07. The second kappa shape index (κ2) is 7.74. The first-order valence-electron chi connectivity index (χ1n) is 7.28. The molecule has 3 N–H and O–H groups in total. The van der Waals surface area contributed by atoms with Gasteiger partial charge in [-0.15, -0.1) is 0 Å². The van der Waals surface area contributed by atoms with E-state index >= 15 is 0 Å². The summed E-state index contributed by atoms with van der Waals surface area (Å²) in [5.74, 6) is -0.00631. The number of aliphatic carboxylic acids is 1. The monoisotopic (exact) mass is 256 g/mol. The maximum Gasteiger partial charge on any atom is 0.320 e.